The average Bonchev–Trinajstić information content (AvgIpc) is 3.12. The van der Waals surface area contributed by atoms with Gasteiger partial charge in [-0.1, -0.05) is 51.1 Å². The molecule has 0 radical (unpaired) electrons. The minimum Gasteiger partial charge on any atom is -0.465 e. The van der Waals surface area contributed by atoms with Crippen molar-refractivity contribution in [3.05, 3.63) is 72.2 Å². The van der Waals surface area contributed by atoms with Crippen molar-refractivity contribution >= 4 is 16.1 Å². The van der Waals surface area contributed by atoms with Gasteiger partial charge in [0, 0.05) is 24.1 Å². The summed E-state index contributed by atoms with van der Waals surface area (Å²) >= 11 is 0. The number of amides is 1. The predicted octanol–water partition coefficient (Wildman–Crippen LogP) is 4.32. The molecule has 1 atom stereocenters. The molecule has 2 N–H and O–H groups in total. The Morgan fingerprint density at radius 2 is 1.84 bits per heavy atom. The van der Waals surface area contributed by atoms with E-state index >= 15 is 0 Å². The molecule has 3 rings (SSSR count). The van der Waals surface area contributed by atoms with Crippen molar-refractivity contribution in [3.63, 3.8) is 0 Å². The molecule has 8 heteroatoms. The summed E-state index contributed by atoms with van der Waals surface area (Å²) in [5, 5.41) is 11.8. The highest BCUT2D eigenvalue weighted by atomic mass is 32.2. The average molecular weight is 442 g/mol. The second kappa shape index (κ2) is 8.55. The van der Waals surface area contributed by atoms with Crippen molar-refractivity contribution in [2.45, 2.75) is 45.1 Å². The largest absolute Gasteiger partial charge is 0.465 e. The molecule has 2 aromatic heterocycles. The summed E-state index contributed by atoms with van der Waals surface area (Å²) in [4.78, 5) is 15.5. The van der Waals surface area contributed by atoms with Crippen LogP contribution in [0.25, 0.3) is 11.3 Å². The van der Waals surface area contributed by atoms with Gasteiger partial charge in [0.25, 0.3) is 10.0 Å². The fraction of sp³-hybridized carbons (Fsp3) is 0.304. The quantitative estimate of drug-likeness (QED) is 0.593. The molecular formula is C23H27N3O4S. The van der Waals surface area contributed by atoms with Crippen LogP contribution < -0.4 is 5.32 Å². The Morgan fingerprint density at radius 1 is 1.16 bits per heavy atom. The number of hydrogen-bond acceptors (Lipinski definition) is 4. The van der Waals surface area contributed by atoms with Gasteiger partial charge in [-0.15, -0.1) is 0 Å². The zero-order chi connectivity index (χ0) is 22.8. The monoisotopic (exact) mass is 441 g/mol. The molecule has 7 nitrogen and oxygen atoms in total. The molecule has 0 bridgehead atoms. The van der Waals surface area contributed by atoms with Crippen molar-refractivity contribution in [1.29, 1.82) is 0 Å². The van der Waals surface area contributed by atoms with E-state index < -0.39 is 22.2 Å². The first-order valence-corrected chi connectivity index (χ1v) is 11.4. The Hall–Kier alpha value is -3.13. The molecule has 0 fully saturated rings. The number of hydrogen-bond donors (Lipinski definition) is 2. The van der Waals surface area contributed by atoms with E-state index in [0.717, 1.165) is 16.8 Å². The molecule has 1 amide bonds. The number of nitrogens with zero attached hydrogens (tertiary/aromatic N) is 2. The summed E-state index contributed by atoms with van der Waals surface area (Å²) < 4.78 is 28.1. The molecule has 3 aromatic rings. The second-order valence-corrected chi connectivity index (χ2v) is 10.4. The lowest BCUT2D eigenvalue weighted by Crippen LogP contribution is -2.44. The third kappa shape index (κ3) is 5.14. The van der Waals surface area contributed by atoms with Crippen molar-refractivity contribution < 1.29 is 18.3 Å². The van der Waals surface area contributed by atoms with Crippen LogP contribution in [0.1, 0.15) is 32.0 Å². The normalized spacial score (nSPS) is 13.0. The maximum absolute atomic E-state index is 13.4. The topological polar surface area (TPSA) is 101 Å². The number of carbonyl (C=O) groups is 1. The van der Waals surface area contributed by atoms with Crippen molar-refractivity contribution in [1.82, 2.24) is 14.3 Å². The number of nitrogens with one attached hydrogen (secondary N) is 1. The fourth-order valence-electron chi connectivity index (χ4n) is 3.31. The Morgan fingerprint density at radius 3 is 2.39 bits per heavy atom. The highest BCUT2D eigenvalue weighted by Crippen LogP contribution is 2.30. The Balaban J connectivity index is 2.11. The number of aryl methyl sites for hydroxylation is 1. The standard InChI is InChI=1S/C23H27N3O4S/c1-16-10-11-19(14-24-16)31(29,30)26-15-17(12-20(26)18-8-6-5-7-9-18)13-21(23(2,3)4)25-22(27)28/h5-12,14-15,21,25H,13H2,1-4H3,(H,27,28). The molecule has 1 aromatic carbocycles. The zero-order valence-electron chi connectivity index (χ0n) is 18.0. The van der Waals surface area contributed by atoms with Gasteiger partial charge in [-0.05, 0) is 48.1 Å². The summed E-state index contributed by atoms with van der Waals surface area (Å²) in [6.07, 6.45) is 2.16. The third-order valence-electron chi connectivity index (χ3n) is 5.14. The van der Waals surface area contributed by atoms with E-state index in [1.807, 2.05) is 51.1 Å². The molecule has 0 aliphatic heterocycles. The molecule has 0 saturated carbocycles. The lowest BCUT2D eigenvalue weighted by atomic mass is 9.83. The van der Waals surface area contributed by atoms with Crippen LogP contribution in [0.4, 0.5) is 4.79 Å². The van der Waals surface area contributed by atoms with Gasteiger partial charge in [-0.2, -0.15) is 0 Å². The molecule has 1 unspecified atom stereocenters. The maximum atomic E-state index is 13.4. The molecule has 0 aliphatic carbocycles. The summed E-state index contributed by atoms with van der Waals surface area (Å²) in [6.45, 7) is 7.62. The van der Waals surface area contributed by atoms with Crippen LogP contribution in [-0.4, -0.2) is 34.6 Å². The minimum absolute atomic E-state index is 0.0912. The second-order valence-electron chi connectivity index (χ2n) is 8.61. The lowest BCUT2D eigenvalue weighted by Gasteiger charge is -2.30. The number of pyridine rings is 1. The summed E-state index contributed by atoms with van der Waals surface area (Å²) in [5.41, 5.74) is 2.35. The fourth-order valence-corrected chi connectivity index (χ4v) is 4.65. The van der Waals surface area contributed by atoms with Crippen LogP contribution in [0.2, 0.25) is 0 Å². The number of benzene rings is 1. The van der Waals surface area contributed by atoms with Gasteiger partial charge in [0.1, 0.15) is 4.90 Å². The predicted molar refractivity (Wildman–Crippen MR) is 120 cm³/mol. The van der Waals surface area contributed by atoms with Gasteiger partial charge in [0.2, 0.25) is 0 Å². The first-order valence-electron chi connectivity index (χ1n) is 9.93. The van der Waals surface area contributed by atoms with Gasteiger partial charge in [-0.25, -0.2) is 17.2 Å². The van der Waals surface area contributed by atoms with E-state index in [1.165, 1.54) is 16.2 Å². The van der Waals surface area contributed by atoms with E-state index in [0.29, 0.717) is 12.1 Å². The summed E-state index contributed by atoms with van der Waals surface area (Å²) in [6, 6.07) is 13.8. The number of carboxylic acid groups (broad SMARTS) is 1. The smallest absolute Gasteiger partial charge is 0.404 e. The molecule has 0 spiro atoms. The Labute approximate surface area is 182 Å². The maximum Gasteiger partial charge on any atom is 0.404 e. The van der Waals surface area contributed by atoms with Crippen LogP contribution in [0.15, 0.2) is 65.8 Å². The minimum atomic E-state index is -3.89. The lowest BCUT2D eigenvalue weighted by molar-refractivity contribution is 0.174. The van der Waals surface area contributed by atoms with Gasteiger partial charge in [-0.3, -0.25) is 4.98 Å². The summed E-state index contributed by atoms with van der Waals surface area (Å²) in [7, 11) is -3.89. The SMILES string of the molecule is Cc1ccc(S(=O)(=O)n2cc(CC(NC(=O)O)C(C)(C)C)cc2-c2ccccc2)cn1. The van der Waals surface area contributed by atoms with Gasteiger partial charge in [0.15, 0.2) is 0 Å². The van der Waals surface area contributed by atoms with Crippen LogP contribution in [-0.2, 0) is 16.4 Å². The number of rotatable bonds is 6. The van der Waals surface area contributed by atoms with Gasteiger partial charge >= 0.3 is 6.09 Å². The van der Waals surface area contributed by atoms with Crippen molar-refractivity contribution in [2.75, 3.05) is 0 Å². The first-order chi connectivity index (χ1) is 14.5. The van der Waals surface area contributed by atoms with Crippen LogP contribution in [0.5, 0.6) is 0 Å². The van der Waals surface area contributed by atoms with Crippen LogP contribution >= 0.6 is 0 Å². The molecule has 164 valence electrons. The number of aromatic nitrogens is 2. The first kappa shape index (κ1) is 22.6. The van der Waals surface area contributed by atoms with E-state index in [-0.39, 0.29) is 10.3 Å². The van der Waals surface area contributed by atoms with Gasteiger partial charge < -0.3 is 10.4 Å². The molecular weight excluding hydrogens is 414 g/mol. The Bertz CT molecular complexity index is 1160. The van der Waals surface area contributed by atoms with E-state index in [1.54, 1.807) is 25.3 Å². The van der Waals surface area contributed by atoms with Crippen molar-refractivity contribution in [2.24, 2.45) is 5.41 Å². The van der Waals surface area contributed by atoms with E-state index in [2.05, 4.69) is 10.3 Å². The molecule has 31 heavy (non-hydrogen) atoms. The van der Waals surface area contributed by atoms with E-state index in [9.17, 15) is 18.3 Å². The van der Waals surface area contributed by atoms with Gasteiger partial charge in [0.05, 0.1) is 5.69 Å². The highest BCUT2D eigenvalue weighted by Gasteiger charge is 2.29. The summed E-state index contributed by atoms with van der Waals surface area (Å²) in [5.74, 6) is 0. The zero-order valence-corrected chi connectivity index (χ0v) is 18.8. The highest BCUT2D eigenvalue weighted by molar-refractivity contribution is 7.90. The van der Waals surface area contributed by atoms with E-state index in [4.69, 9.17) is 0 Å². The molecule has 0 saturated heterocycles. The van der Waals surface area contributed by atoms with Crippen LogP contribution in [0, 0.1) is 12.3 Å². The third-order valence-corrected chi connectivity index (χ3v) is 6.79. The van der Waals surface area contributed by atoms with Crippen molar-refractivity contribution in [3.8, 4) is 11.3 Å². The Kier molecular flexibility index (Phi) is 6.22. The van der Waals surface area contributed by atoms with Crippen LogP contribution in [0.3, 0.4) is 0 Å². The molecule has 0 aliphatic rings. The molecule has 2 heterocycles.